The number of hydrogen-bond acceptors (Lipinski definition) is 1. The average Bonchev–Trinajstić information content (AvgIpc) is 2.18. The van der Waals surface area contributed by atoms with Crippen LogP contribution in [0, 0.1) is 5.82 Å². The van der Waals surface area contributed by atoms with Gasteiger partial charge < -0.3 is 5.32 Å². The first-order chi connectivity index (χ1) is 6.74. The van der Waals surface area contributed by atoms with Gasteiger partial charge in [-0.2, -0.15) is 0 Å². The molecule has 1 aromatic rings. The van der Waals surface area contributed by atoms with Gasteiger partial charge in [0.25, 0.3) is 0 Å². The summed E-state index contributed by atoms with van der Waals surface area (Å²) in [6.07, 6.45) is 2.80. The van der Waals surface area contributed by atoms with Crippen LogP contribution < -0.4 is 5.32 Å². The lowest BCUT2D eigenvalue weighted by Gasteiger charge is -2.13. The highest BCUT2D eigenvalue weighted by atomic mass is 19.1. The summed E-state index contributed by atoms with van der Waals surface area (Å²) < 4.78 is 12.9. The Balaban J connectivity index is 2.51. The lowest BCUT2D eigenvalue weighted by Crippen LogP contribution is -2.19. The average molecular weight is 193 g/mol. The second kappa shape index (κ2) is 5.55. The molecule has 1 rings (SSSR count). The lowest BCUT2D eigenvalue weighted by molar-refractivity contribution is 0.570. The van der Waals surface area contributed by atoms with Crippen molar-refractivity contribution >= 4 is 0 Å². The smallest absolute Gasteiger partial charge is 0.123 e. The Bertz CT molecular complexity index is 296. The van der Waals surface area contributed by atoms with Crippen molar-refractivity contribution in [3.8, 4) is 0 Å². The summed E-state index contributed by atoms with van der Waals surface area (Å²) >= 11 is 0. The van der Waals surface area contributed by atoms with Crippen molar-refractivity contribution in [1.29, 1.82) is 0 Å². The summed E-state index contributed by atoms with van der Waals surface area (Å²) in [7, 11) is 0. The fraction of sp³-hybridized carbons (Fsp3) is 0.333. The molecule has 1 nitrogen and oxygen atoms in total. The molecule has 0 aliphatic rings. The Hall–Kier alpha value is -1.15. The summed E-state index contributed by atoms with van der Waals surface area (Å²) in [6.45, 7) is 6.55. The van der Waals surface area contributed by atoms with Crippen LogP contribution in [0.5, 0.6) is 0 Å². The summed E-state index contributed by atoms with van der Waals surface area (Å²) in [4.78, 5) is 0. The molecule has 0 saturated heterocycles. The first-order valence-electron chi connectivity index (χ1n) is 4.84. The Morgan fingerprint density at radius 1 is 1.57 bits per heavy atom. The third kappa shape index (κ3) is 3.30. The molecule has 0 aromatic heterocycles. The standard InChI is InChI=1S/C12H16FN/c1-3-4-8-14-10(2)11-6-5-7-12(13)9-11/h3,5-7,9-10,14H,1,4,8H2,2H3/t10-/m1/s1. The van der Waals surface area contributed by atoms with Gasteiger partial charge in [-0.05, 0) is 37.6 Å². The molecular weight excluding hydrogens is 177 g/mol. The van der Waals surface area contributed by atoms with Gasteiger partial charge in [-0.1, -0.05) is 18.2 Å². The molecule has 2 heteroatoms. The van der Waals surface area contributed by atoms with Crippen LogP contribution >= 0.6 is 0 Å². The van der Waals surface area contributed by atoms with Gasteiger partial charge in [-0.3, -0.25) is 0 Å². The Kier molecular flexibility index (Phi) is 4.33. The van der Waals surface area contributed by atoms with Gasteiger partial charge >= 0.3 is 0 Å². The number of nitrogens with one attached hydrogen (secondary N) is 1. The van der Waals surface area contributed by atoms with Crippen molar-refractivity contribution in [2.24, 2.45) is 0 Å². The number of benzene rings is 1. The maximum absolute atomic E-state index is 12.9. The van der Waals surface area contributed by atoms with Crippen LogP contribution in [0.15, 0.2) is 36.9 Å². The summed E-state index contributed by atoms with van der Waals surface area (Å²) in [5, 5.41) is 3.29. The molecule has 1 aromatic carbocycles. The van der Waals surface area contributed by atoms with E-state index in [0.29, 0.717) is 0 Å². The van der Waals surface area contributed by atoms with Crippen molar-refractivity contribution in [2.75, 3.05) is 6.54 Å². The van der Waals surface area contributed by atoms with E-state index < -0.39 is 0 Å². The quantitative estimate of drug-likeness (QED) is 0.560. The van der Waals surface area contributed by atoms with E-state index in [1.165, 1.54) is 6.07 Å². The number of halogens is 1. The van der Waals surface area contributed by atoms with E-state index in [-0.39, 0.29) is 11.9 Å². The van der Waals surface area contributed by atoms with E-state index in [2.05, 4.69) is 11.9 Å². The molecule has 0 saturated carbocycles. The van der Waals surface area contributed by atoms with Gasteiger partial charge in [0.2, 0.25) is 0 Å². The maximum atomic E-state index is 12.9. The van der Waals surface area contributed by atoms with E-state index in [1.54, 1.807) is 12.1 Å². The molecule has 0 bridgehead atoms. The van der Waals surface area contributed by atoms with Crippen LogP contribution in [0.25, 0.3) is 0 Å². The molecule has 0 amide bonds. The highest BCUT2D eigenvalue weighted by molar-refractivity contribution is 5.19. The summed E-state index contributed by atoms with van der Waals surface area (Å²) in [6, 6.07) is 6.86. The Morgan fingerprint density at radius 2 is 2.36 bits per heavy atom. The summed E-state index contributed by atoms with van der Waals surface area (Å²) in [5.41, 5.74) is 0.981. The number of rotatable bonds is 5. The fourth-order valence-corrected chi connectivity index (χ4v) is 1.30. The van der Waals surface area contributed by atoms with Crippen molar-refractivity contribution in [2.45, 2.75) is 19.4 Å². The molecule has 0 fully saturated rings. The maximum Gasteiger partial charge on any atom is 0.123 e. The molecule has 0 aliphatic carbocycles. The van der Waals surface area contributed by atoms with Crippen molar-refractivity contribution in [3.05, 3.63) is 48.3 Å². The van der Waals surface area contributed by atoms with Crippen molar-refractivity contribution < 1.29 is 4.39 Å². The minimum atomic E-state index is -0.181. The molecule has 1 N–H and O–H groups in total. The number of hydrogen-bond donors (Lipinski definition) is 1. The van der Waals surface area contributed by atoms with Gasteiger partial charge in [0.1, 0.15) is 5.82 Å². The normalized spacial score (nSPS) is 12.4. The van der Waals surface area contributed by atoms with E-state index in [4.69, 9.17) is 0 Å². The zero-order valence-corrected chi connectivity index (χ0v) is 8.46. The fourth-order valence-electron chi connectivity index (χ4n) is 1.30. The molecular formula is C12H16FN. The highest BCUT2D eigenvalue weighted by Crippen LogP contribution is 2.12. The van der Waals surface area contributed by atoms with Crippen LogP contribution in [0.4, 0.5) is 4.39 Å². The monoisotopic (exact) mass is 193 g/mol. The third-order valence-corrected chi connectivity index (χ3v) is 2.15. The Morgan fingerprint density at radius 3 is 3.00 bits per heavy atom. The minimum absolute atomic E-state index is 0.181. The van der Waals surface area contributed by atoms with Crippen LogP contribution in [0.2, 0.25) is 0 Å². The second-order valence-electron chi connectivity index (χ2n) is 3.31. The molecule has 0 spiro atoms. The SMILES string of the molecule is C=CCCN[C@H](C)c1cccc(F)c1. The van der Waals surface area contributed by atoms with Crippen LogP contribution in [0.3, 0.4) is 0 Å². The van der Waals surface area contributed by atoms with E-state index in [1.807, 2.05) is 19.1 Å². The molecule has 0 unspecified atom stereocenters. The van der Waals surface area contributed by atoms with Crippen molar-refractivity contribution in [1.82, 2.24) is 5.32 Å². The van der Waals surface area contributed by atoms with E-state index >= 15 is 0 Å². The molecule has 0 radical (unpaired) electrons. The molecule has 1 atom stereocenters. The molecule has 14 heavy (non-hydrogen) atoms. The minimum Gasteiger partial charge on any atom is -0.310 e. The van der Waals surface area contributed by atoms with Gasteiger partial charge in [0.15, 0.2) is 0 Å². The Labute approximate surface area is 84.6 Å². The van der Waals surface area contributed by atoms with Crippen molar-refractivity contribution in [3.63, 3.8) is 0 Å². The first kappa shape index (κ1) is 10.9. The summed E-state index contributed by atoms with van der Waals surface area (Å²) in [5.74, 6) is -0.181. The predicted octanol–water partition coefficient (Wildman–Crippen LogP) is 3.05. The van der Waals surface area contributed by atoms with E-state index in [9.17, 15) is 4.39 Å². The highest BCUT2D eigenvalue weighted by Gasteiger charge is 2.03. The second-order valence-corrected chi connectivity index (χ2v) is 3.31. The van der Waals surface area contributed by atoms with Crippen LogP contribution in [0.1, 0.15) is 24.9 Å². The lowest BCUT2D eigenvalue weighted by atomic mass is 10.1. The molecule has 0 aliphatic heterocycles. The van der Waals surface area contributed by atoms with Gasteiger partial charge in [0, 0.05) is 6.04 Å². The third-order valence-electron chi connectivity index (χ3n) is 2.15. The zero-order valence-electron chi connectivity index (χ0n) is 8.46. The van der Waals surface area contributed by atoms with Gasteiger partial charge in [-0.15, -0.1) is 6.58 Å². The van der Waals surface area contributed by atoms with Crippen LogP contribution in [-0.4, -0.2) is 6.54 Å². The van der Waals surface area contributed by atoms with Gasteiger partial charge in [-0.25, -0.2) is 4.39 Å². The largest absolute Gasteiger partial charge is 0.310 e. The first-order valence-corrected chi connectivity index (χ1v) is 4.84. The topological polar surface area (TPSA) is 12.0 Å². The van der Waals surface area contributed by atoms with Gasteiger partial charge in [0.05, 0.1) is 0 Å². The molecule has 0 heterocycles. The van der Waals surface area contributed by atoms with E-state index in [0.717, 1.165) is 18.5 Å². The predicted molar refractivity (Wildman–Crippen MR) is 57.6 cm³/mol. The van der Waals surface area contributed by atoms with Crippen LogP contribution in [-0.2, 0) is 0 Å². The zero-order chi connectivity index (χ0) is 10.4. The molecule has 76 valence electrons.